The predicted octanol–water partition coefficient (Wildman–Crippen LogP) is 4.83. The van der Waals surface area contributed by atoms with Gasteiger partial charge < -0.3 is 15.2 Å². The fraction of sp³-hybridized carbons (Fsp3) is 0.211. The molecule has 0 aliphatic heterocycles. The first-order valence-corrected chi connectivity index (χ1v) is 8.64. The second kappa shape index (κ2) is 8.01. The number of anilines is 1. The Kier molecular flexibility index (Phi) is 5.53. The average Bonchev–Trinajstić information content (AvgIpc) is 3.10. The summed E-state index contributed by atoms with van der Waals surface area (Å²) in [6.45, 7) is 4.68. The van der Waals surface area contributed by atoms with Crippen molar-refractivity contribution >= 4 is 23.3 Å². The zero-order chi connectivity index (χ0) is 18.5. The van der Waals surface area contributed by atoms with Crippen LogP contribution < -0.4 is 10.6 Å². The maximum absolute atomic E-state index is 11.9. The van der Waals surface area contributed by atoms with Crippen molar-refractivity contribution in [3.63, 3.8) is 0 Å². The van der Waals surface area contributed by atoms with Crippen LogP contribution in [0.4, 0.5) is 10.5 Å². The van der Waals surface area contributed by atoms with Crippen LogP contribution in [0, 0.1) is 5.92 Å². The monoisotopic (exact) mass is 370 g/mol. The van der Waals surface area contributed by atoms with Crippen molar-refractivity contribution in [2.75, 3.05) is 11.9 Å². The van der Waals surface area contributed by atoms with Gasteiger partial charge in [0.15, 0.2) is 0 Å². The van der Waals surface area contributed by atoms with Crippen LogP contribution in [0.25, 0.3) is 22.8 Å². The average molecular weight is 371 g/mol. The molecular formula is C19H19ClN4O2. The van der Waals surface area contributed by atoms with Gasteiger partial charge in [-0.3, -0.25) is 0 Å². The molecular weight excluding hydrogens is 352 g/mol. The third-order valence-electron chi connectivity index (χ3n) is 3.58. The van der Waals surface area contributed by atoms with Gasteiger partial charge in [0.05, 0.1) is 10.6 Å². The van der Waals surface area contributed by atoms with Gasteiger partial charge in [0.2, 0.25) is 5.82 Å². The highest BCUT2D eigenvalue weighted by Gasteiger charge is 2.13. The standard InChI is InChI=1S/C19H19ClN4O2/c1-12(2)11-21-19(25)22-14-7-5-6-13(10-14)17-23-18(26-24-17)15-8-3-4-9-16(15)20/h3-10,12H,11H2,1-2H3,(H2,21,22,25). The third kappa shape index (κ3) is 4.40. The van der Waals surface area contributed by atoms with Crippen molar-refractivity contribution in [1.29, 1.82) is 0 Å². The lowest BCUT2D eigenvalue weighted by atomic mass is 10.2. The van der Waals surface area contributed by atoms with Gasteiger partial charge in [0.25, 0.3) is 5.89 Å². The third-order valence-corrected chi connectivity index (χ3v) is 3.91. The minimum Gasteiger partial charge on any atom is -0.338 e. The van der Waals surface area contributed by atoms with E-state index >= 15 is 0 Å². The summed E-state index contributed by atoms with van der Waals surface area (Å²) in [5.74, 6) is 1.15. The van der Waals surface area contributed by atoms with E-state index in [-0.39, 0.29) is 6.03 Å². The number of nitrogens with one attached hydrogen (secondary N) is 2. The number of nitrogens with zero attached hydrogens (tertiary/aromatic N) is 2. The lowest BCUT2D eigenvalue weighted by Gasteiger charge is -2.09. The summed E-state index contributed by atoms with van der Waals surface area (Å²) in [6, 6.07) is 14.3. The number of carbonyl (C=O) groups is 1. The normalized spacial score (nSPS) is 10.8. The first-order valence-electron chi connectivity index (χ1n) is 8.27. The zero-order valence-electron chi connectivity index (χ0n) is 14.5. The van der Waals surface area contributed by atoms with Crippen molar-refractivity contribution in [1.82, 2.24) is 15.5 Å². The summed E-state index contributed by atoms with van der Waals surface area (Å²) in [5, 5.41) is 10.2. The Hall–Kier alpha value is -2.86. The topological polar surface area (TPSA) is 80.0 Å². The lowest BCUT2D eigenvalue weighted by molar-refractivity contribution is 0.251. The van der Waals surface area contributed by atoms with Crippen molar-refractivity contribution < 1.29 is 9.32 Å². The van der Waals surface area contributed by atoms with E-state index in [4.69, 9.17) is 16.1 Å². The van der Waals surface area contributed by atoms with Crippen LogP contribution in [0.5, 0.6) is 0 Å². The highest BCUT2D eigenvalue weighted by Crippen LogP contribution is 2.28. The van der Waals surface area contributed by atoms with Crippen LogP contribution in [-0.2, 0) is 0 Å². The van der Waals surface area contributed by atoms with Gasteiger partial charge in [0.1, 0.15) is 0 Å². The molecule has 2 amide bonds. The van der Waals surface area contributed by atoms with Crippen LogP contribution in [0.2, 0.25) is 5.02 Å². The van der Waals surface area contributed by atoms with E-state index in [2.05, 4.69) is 20.8 Å². The molecule has 0 saturated heterocycles. The number of aromatic nitrogens is 2. The first-order chi connectivity index (χ1) is 12.5. The fourth-order valence-corrected chi connectivity index (χ4v) is 2.51. The van der Waals surface area contributed by atoms with Crippen molar-refractivity contribution in [3.05, 3.63) is 53.6 Å². The summed E-state index contributed by atoms with van der Waals surface area (Å²) in [5.41, 5.74) is 2.05. The largest absolute Gasteiger partial charge is 0.338 e. The molecule has 2 N–H and O–H groups in total. The Balaban J connectivity index is 1.77. The maximum atomic E-state index is 11.9. The van der Waals surface area contributed by atoms with E-state index in [1.165, 1.54) is 0 Å². The molecule has 134 valence electrons. The summed E-state index contributed by atoms with van der Waals surface area (Å²) in [7, 11) is 0. The van der Waals surface area contributed by atoms with Gasteiger partial charge in [-0.15, -0.1) is 0 Å². The van der Waals surface area contributed by atoms with Gasteiger partial charge in [-0.2, -0.15) is 4.98 Å². The molecule has 2 aromatic carbocycles. The predicted molar refractivity (Wildman–Crippen MR) is 102 cm³/mol. The number of carbonyl (C=O) groups excluding carboxylic acids is 1. The van der Waals surface area contributed by atoms with Gasteiger partial charge in [-0.1, -0.05) is 54.9 Å². The van der Waals surface area contributed by atoms with E-state index in [0.717, 1.165) is 5.56 Å². The molecule has 0 radical (unpaired) electrons. The van der Waals surface area contributed by atoms with E-state index in [1.807, 2.05) is 44.2 Å². The number of amides is 2. The number of hydrogen-bond donors (Lipinski definition) is 2. The molecule has 0 saturated carbocycles. The molecule has 1 heterocycles. The molecule has 7 heteroatoms. The van der Waals surface area contributed by atoms with Crippen LogP contribution in [-0.4, -0.2) is 22.7 Å². The van der Waals surface area contributed by atoms with Gasteiger partial charge >= 0.3 is 6.03 Å². The number of halogens is 1. The Morgan fingerprint density at radius 1 is 1.19 bits per heavy atom. The molecule has 6 nitrogen and oxygen atoms in total. The van der Waals surface area contributed by atoms with Crippen LogP contribution >= 0.6 is 11.6 Å². The van der Waals surface area contributed by atoms with Crippen molar-refractivity contribution in [3.8, 4) is 22.8 Å². The van der Waals surface area contributed by atoms with Crippen LogP contribution in [0.3, 0.4) is 0 Å². The van der Waals surface area contributed by atoms with Crippen LogP contribution in [0.1, 0.15) is 13.8 Å². The van der Waals surface area contributed by atoms with Gasteiger partial charge in [-0.05, 0) is 30.2 Å². The summed E-state index contributed by atoms with van der Waals surface area (Å²) < 4.78 is 5.33. The highest BCUT2D eigenvalue weighted by atomic mass is 35.5. The van der Waals surface area contributed by atoms with Gasteiger partial charge in [0, 0.05) is 17.8 Å². The molecule has 0 spiro atoms. The highest BCUT2D eigenvalue weighted by molar-refractivity contribution is 6.33. The number of urea groups is 1. The van der Waals surface area contributed by atoms with E-state index in [0.29, 0.717) is 40.5 Å². The van der Waals surface area contributed by atoms with E-state index in [1.54, 1.807) is 18.2 Å². The minimum atomic E-state index is -0.249. The summed E-state index contributed by atoms with van der Waals surface area (Å²) in [6.07, 6.45) is 0. The molecule has 0 fully saturated rings. The quantitative estimate of drug-likeness (QED) is 0.673. The SMILES string of the molecule is CC(C)CNC(=O)Nc1cccc(-c2noc(-c3ccccc3Cl)n2)c1. The second-order valence-electron chi connectivity index (χ2n) is 6.21. The number of rotatable bonds is 5. The number of hydrogen-bond acceptors (Lipinski definition) is 4. The van der Waals surface area contributed by atoms with Crippen molar-refractivity contribution in [2.24, 2.45) is 5.92 Å². The van der Waals surface area contributed by atoms with Gasteiger partial charge in [-0.25, -0.2) is 4.79 Å². The summed E-state index contributed by atoms with van der Waals surface area (Å²) >= 11 is 6.17. The molecule has 0 aliphatic rings. The van der Waals surface area contributed by atoms with Crippen molar-refractivity contribution in [2.45, 2.75) is 13.8 Å². The number of benzene rings is 2. The smallest absolute Gasteiger partial charge is 0.319 e. The second-order valence-corrected chi connectivity index (χ2v) is 6.62. The Bertz CT molecular complexity index is 908. The molecule has 0 bridgehead atoms. The van der Waals surface area contributed by atoms with E-state index < -0.39 is 0 Å². The zero-order valence-corrected chi connectivity index (χ0v) is 15.2. The van der Waals surface area contributed by atoms with E-state index in [9.17, 15) is 4.79 Å². The fourth-order valence-electron chi connectivity index (χ4n) is 2.29. The molecule has 0 atom stereocenters. The molecule has 1 aromatic heterocycles. The molecule has 0 unspecified atom stereocenters. The lowest BCUT2D eigenvalue weighted by Crippen LogP contribution is -2.31. The molecule has 3 rings (SSSR count). The molecule has 26 heavy (non-hydrogen) atoms. The first kappa shape index (κ1) is 17.9. The summed E-state index contributed by atoms with van der Waals surface area (Å²) in [4.78, 5) is 16.3. The minimum absolute atomic E-state index is 0.249. The Labute approximate surface area is 156 Å². The molecule has 3 aromatic rings. The van der Waals surface area contributed by atoms with Crippen LogP contribution in [0.15, 0.2) is 53.1 Å². The maximum Gasteiger partial charge on any atom is 0.319 e. The Morgan fingerprint density at radius 3 is 2.77 bits per heavy atom. The molecule has 0 aliphatic carbocycles. The Morgan fingerprint density at radius 2 is 2.00 bits per heavy atom.